The second-order valence-electron chi connectivity index (χ2n) is 7.04. The fourth-order valence-electron chi connectivity index (χ4n) is 3.28. The first-order chi connectivity index (χ1) is 14.0. The molecule has 0 radical (unpaired) electrons. The maximum atomic E-state index is 13.9. The first kappa shape index (κ1) is 19.6. The summed E-state index contributed by atoms with van der Waals surface area (Å²) < 4.78 is 17.4. The zero-order valence-corrected chi connectivity index (χ0v) is 17.1. The van der Waals surface area contributed by atoms with Crippen molar-refractivity contribution >= 4 is 29.3 Å². The van der Waals surface area contributed by atoms with Crippen LogP contribution >= 0.6 is 11.9 Å². The van der Waals surface area contributed by atoms with Crippen LogP contribution in [0.1, 0.15) is 5.56 Å². The van der Waals surface area contributed by atoms with Crippen LogP contribution in [0.25, 0.3) is 5.65 Å². The summed E-state index contributed by atoms with van der Waals surface area (Å²) in [5.74, 6) is 0.624. The van der Waals surface area contributed by atoms with Gasteiger partial charge in [0.1, 0.15) is 18.0 Å². The third-order valence-electron chi connectivity index (χ3n) is 4.74. The first-order valence-electron chi connectivity index (χ1n) is 9.33. The van der Waals surface area contributed by atoms with Crippen molar-refractivity contribution in [1.82, 2.24) is 29.0 Å². The second-order valence-corrected chi connectivity index (χ2v) is 8.39. The van der Waals surface area contributed by atoms with Crippen LogP contribution in [0, 0.1) is 5.82 Å². The number of anilines is 1. The summed E-state index contributed by atoms with van der Waals surface area (Å²) in [5.41, 5.74) is 1.52. The standard InChI is InChI=1S/C19H22FN7OS/c1-24(2)29-16-11-14(3-4-15(16)20)12-19(28)26-9-7-25(8-10-26)18-6-5-17-22-21-13-27(17)23-18/h3-6,11,13H,7-10,12H2,1-2H3. The van der Waals surface area contributed by atoms with Gasteiger partial charge in [0, 0.05) is 26.2 Å². The zero-order valence-electron chi connectivity index (χ0n) is 16.3. The molecule has 0 saturated carbocycles. The fourth-order valence-corrected chi connectivity index (χ4v) is 4.04. The van der Waals surface area contributed by atoms with Gasteiger partial charge in [0.15, 0.2) is 5.65 Å². The van der Waals surface area contributed by atoms with Crippen molar-refractivity contribution in [2.24, 2.45) is 0 Å². The summed E-state index contributed by atoms with van der Waals surface area (Å²) in [6, 6.07) is 8.67. The molecule has 0 bridgehead atoms. The van der Waals surface area contributed by atoms with Crippen molar-refractivity contribution in [1.29, 1.82) is 0 Å². The van der Waals surface area contributed by atoms with Crippen LogP contribution < -0.4 is 4.90 Å². The van der Waals surface area contributed by atoms with Crippen molar-refractivity contribution in [2.75, 3.05) is 45.2 Å². The van der Waals surface area contributed by atoms with E-state index in [-0.39, 0.29) is 18.1 Å². The molecule has 4 rings (SSSR count). The van der Waals surface area contributed by atoms with Crippen LogP contribution in [0.3, 0.4) is 0 Å². The fraction of sp³-hybridized carbons (Fsp3) is 0.368. The number of aromatic nitrogens is 4. The number of benzene rings is 1. The molecular formula is C19H22FN7OS. The minimum absolute atomic E-state index is 0.0549. The largest absolute Gasteiger partial charge is 0.352 e. The Hall–Kier alpha value is -2.72. The lowest BCUT2D eigenvalue weighted by Crippen LogP contribution is -2.49. The van der Waals surface area contributed by atoms with Crippen LogP contribution in [0.2, 0.25) is 0 Å². The van der Waals surface area contributed by atoms with Gasteiger partial charge < -0.3 is 9.80 Å². The van der Waals surface area contributed by atoms with E-state index in [1.807, 2.05) is 35.4 Å². The Balaban J connectivity index is 1.36. The average molecular weight is 415 g/mol. The Labute approximate surface area is 172 Å². The number of fused-ring (bicyclic) bond motifs is 1. The molecule has 1 saturated heterocycles. The summed E-state index contributed by atoms with van der Waals surface area (Å²) >= 11 is 1.31. The SMILES string of the molecule is CN(C)Sc1cc(CC(=O)N2CCN(c3ccc4nncn4n3)CC2)ccc1F. The Bertz CT molecular complexity index is 1020. The molecule has 1 amide bonds. The Morgan fingerprint density at radius 2 is 1.97 bits per heavy atom. The van der Waals surface area contributed by atoms with Gasteiger partial charge in [0.05, 0.1) is 11.3 Å². The number of rotatable bonds is 5. The summed E-state index contributed by atoms with van der Waals surface area (Å²) in [5, 5.41) is 12.3. The topological polar surface area (TPSA) is 69.9 Å². The smallest absolute Gasteiger partial charge is 0.227 e. The van der Waals surface area contributed by atoms with E-state index in [1.165, 1.54) is 18.0 Å². The monoisotopic (exact) mass is 415 g/mol. The van der Waals surface area contributed by atoms with Gasteiger partial charge in [0.25, 0.3) is 0 Å². The lowest BCUT2D eigenvalue weighted by molar-refractivity contribution is -0.130. The molecule has 0 unspecified atom stereocenters. The van der Waals surface area contributed by atoms with Gasteiger partial charge in [-0.1, -0.05) is 6.07 Å². The Kier molecular flexibility index (Phi) is 5.63. The van der Waals surface area contributed by atoms with E-state index in [1.54, 1.807) is 23.0 Å². The van der Waals surface area contributed by atoms with Gasteiger partial charge >= 0.3 is 0 Å². The van der Waals surface area contributed by atoms with Crippen molar-refractivity contribution in [3.63, 3.8) is 0 Å². The zero-order chi connectivity index (χ0) is 20.4. The highest BCUT2D eigenvalue weighted by atomic mass is 32.2. The third kappa shape index (κ3) is 4.48. The van der Waals surface area contributed by atoms with E-state index in [9.17, 15) is 9.18 Å². The molecule has 1 aliphatic rings. The van der Waals surface area contributed by atoms with Crippen molar-refractivity contribution in [3.05, 3.63) is 48.0 Å². The molecular weight excluding hydrogens is 393 g/mol. The van der Waals surface area contributed by atoms with Crippen LogP contribution in [-0.2, 0) is 11.2 Å². The molecule has 0 spiro atoms. The molecule has 0 N–H and O–H groups in total. The maximum absolute atomic E-state index is 13.9. The number of halogens is 1. The molecule has 29 heavy (non-hydrogen) atoms. The van der Waals surface area contributed by atoms with E-state index in [0.29, 0.717) is 36.7 Å². The molecule has 10 heteroatoms. The van der Waals surface area contributed by atoms with E-state index < -0.39 is 0 Å². The minimum atomic E-state index is -0.272. The highest BCUT2D eigenvalue weighted by Gasteiger charge is 2.22. The van der Waals surface area contributed by atoms with Gasteiger partial charge in [-0.05, 0) is 55.9 Å². The Morgan fingerprint density at radius 3 is 2.72 bits per heavy atom. The summed E-state index contributed by atoms with van der Waals surface area (Å²) in [6.07, 6.45) is 1.84. The Morgan fingerprint density at radius 1 is 1.17 bits per heavy atom. The van der Waals surface area contributed by atoms with E-state index in [4.69, 9.17) is 0 Å². The van der Waals surface area contributed by atoms with Crippen LogP contribution in [-0.4, -0.2) is 75.2 Å². The lowest BCUT2D eigenvalue weighted by Gasteiger charge is -2.35. The average Bonchev–Trinajstić information content (AvgIpc) is 3.18. The normalized spacial score (nSPS) is 14.8. The second kappa shape index (κ2) is 8.34. The van der Waals surface area contributed by atoms with E-state index in [2.05, 4.69) is 20.2 Å². The number of piperazine rings is 1. The van der Waals surface area contributed by atoms with Gasteiger partial charge in [-0.15, -0.1) is 15.3 Å². The number of hydrogen-bond donors (Lipinski definition) is 0. The maximum Gasteiger partial charge on any atom is 0.227 e. The molecule has 1 fully saturated rings. The molecule has 0 atom stereocenters. The molecule has 152 valence electrons. The van der Waals surface area contributed by atoms with Crippen LogP contribution in [0.4, 0.5) is 10.2 Å². The molecule has 1 aromatic carbocycles. The predicted octanol–water partition coefficient (Wildman–Crippen LogP) is 1.72. The third-order valence-corrected chi connectivity index (χ3v) is 5.61. The molecule has 3 aromatic rings. The van der Waals surface area contributed by atoms with E-state index >= 15 is 0 Å². The van der Waals surface area contributed by atoms with Crippen LogP contribution in [0.5, 0.6) is 0 Å². The van der Waals surface area contributed by atoms with Crippen molar-refractivity contribution in [3.8, 4) is 0 Å². The van der Waals surface area contributed by atoms with Gasteiger partial charge in [-0.3, -0.25) is 9.10 Å². The molecule has 8 nitrogen and oxygen atoms in total. The number of hydrogen-bond acceptors (Lipinski definition) is 7. The number of carbonyl (C=O) groups excluding carboxylic acids is 1. The minimum Gasteiger partial charge on any atom is -0.352 e. The molecule has 3 heterocycles. The predicted molar refractivity (Wildman–Crippen MR) is 109 cm³/mol. The van der Waals surface area contributed by atoms with Gasteiger partial charge in [0.2, 0.25) is 5.91 Å². The van der Waals surface area contributed by atoms with Crippen LogP contribution in [0.15, 0.2) is 41.6 Å². The van der Waals surface area contributed by atoms with Crippen molar-refractivity contribution < 1.29 is 9.18 Å². The molecule has 2 aromatic heterocycles. The summed E-state index contributed by atoms with van der Waals surface area (Å²) in [4.78, 5) is 17.3. The van der Waals surface area contributed by atoms with Gasteiger partial charge in [-0.25, -0.2) is 4.39 Å². The number of amides is 1. The number of carbonyl (C=O) groups is 1. The number of nitrogens with zero attached hydrogens (tertiary/aromatic N) is 7. The van der Waals surface area contributed by atoms with E-state index in [0.717, 1.165) is 11.4 Å². The highest BCUT2D eigenvalue weighted by Crippen LogP contribution is 2.25. The molecule has 0 aliphatic carbocycles. The quantitative estimate of drug-likeness (QED) is 0.588. The first-order valence-corrected chi connectivity index (χ1v) is 10.1. The summed E-state index contributed by atoms with van der Waals surface area (Å²) in [6.45, 7) is 2.66. The lowest BCUT2D eigenvalue weighted by atomic mass is 10.1. The van der Waals surface area contributed by atoms with Crippen molar-refractivity contribution in [2.45, 2.75) is 11.3 Å². The van der Waals surface area contributed by atoms with Gasteiger partial charge in [-0.2, -0.15) is 4.52 Å². The highest BCUT2D eigenvalue weighted by molar-refractivity contribution is 7.97. The molecule has 1 aliphatic heterocycles. The summed E-state index contributed by atoms with van der Waals surface area (Å²) in [7, 11) is 3.72.